The molecule has 0 saturated heterocycles. The highest BCUT2D eigenvalue weighted by Crippen LogP contribution is 2.20. The van der Waals surface area contributed by atoms with Crippen molar-refractivity contribution in [2.45, 2.75) is 13.3 Å². The average molecular weight is 351 g/mol. The Bertz CT molecular complexity index is 638. The minimum absolute atomic E-state index is 0.162. The Labute approximate surface area is 130 Å². The Balaban J connectivity index is 1.77. The molecule has 0 fully saturated rings. The van der Waals surface area contributed by atoms with E-state index < -0.39 is 0 Å². The van der Waals surface area contributed by atoms with Crippen LogP contribution in [0, 0.1) is 6.92 Å². The number of furan rings is 1. The fraction of sp³-hybridized carbons (Fsp3) is 0.200. The van der Waals surface area contributed by atoms with Gasteiger partial charge >= 0.3 is 0 Å². The van der Waals surface area contributed by atoms with Gasteiger partial charge in [-0.3, -0.25) is 9.59 Å². The molecule has 2 amide bonds. The summed E-state index contributed by atoms with van der Waals surface area (Å²) in [6.45, 7) is 2.22. The quantitative estimate of drug-likeness (QED) is 0.870. The summed E-state index contributed by atoms with van der Waals surface area (Å²) in [7, 11) is 0. The van der Waals surface area contributed by atoms with E-state index in [9.17, 15) is 9.59 Å². The Morgan fingerprint density at radius 3 is 2.76 bits per heavy atom. The van der Waals surface area contributed by atoms with E-state index in [0.717, 1.165) is 15.7 Å². The smallest absolute Gasteiger partial charge is 0.286 e. The Hall–Kier alpha value is -2.08. The van der Waals surface area contributed by atoms with E-state index in [2.05, 4.69) is 26.6 Å². The van der Waals surface area contributed by atoms with Gasteiger partial charge in [-0.05, 0) is 36.8 Å². The maximum absolute atomic E-state index is 11.8. The van der Waals surface area contributed by atoms with Crippen molar-refractivity contribution in [3.8, 4) is 0 Å². The van der Waals surface area contributed by atoms with Gasteiger partial charge in [-0.15, -0.1) is 0 Å². The molecule has 0 aliphatic heterocycles. The monoisotopic (exact) mass is 350 g/mol. The van der Waals surface area contributed by atoms with Gasteiger partial charge in [0.25, 0.3) is 5.91 Å². The second-order valence-electron chi connectivity index (χ2n) is 4.50. The van der Waals surface area contributed by atoms with Crippen LogP contribution in [-0.2, 0) is 4.79 Å². The molecule has 0 atom stereocenters. The zero-order valence-electron chi connectivity index (χ0n) is 11.5. The van der Waals surface area contributed by atoms with Crippen LogP contribution in [0.1, 0.15) is 22.5 Å². The summed E-state index contributed by atoms with van der Waals surface area (Å²) < 4.78 is 5.89. The first-order valence-electron chi connectivity index (χ1n) is 6.44. The van der Waals surface area contributed by atoms with Crippen molar-refractivity contribution >= 4 is 33.4 Å². The summed E-state index contributed by atoms with van der Waals surface area (Å²) in [5.41, 5.74) is 1.81. The van der Waals surface area contributed by atoms with Gasteiger partial charge in [0.1, 0.15) is 0 Å². The number of carbonyl (C=O) groups excluding carboxylic acids is 2. The van der Waals surface area contributed by atoms with Gasteiger partial charge in [-0.25, -0.2) is 0 Å². The van der Waals surface area contributed by atoms with Gasteiger partial charge < -0.3 is 15.1 Å². The van der Waals surface area contributed by atoms with Crippen molar-refractivity contribution in [2.24, 2.45) is 0 Å². The lowest BCUT2D eigenvalue weighted by atomic mass is 10.2. The number of rotatable bonds is 5. The number of nitrogens with one attached hydrogen (secondary N) is 2. The van der Waals surface area contributed by atoms with E-state index in [1.165, 1.54) is 6.26 Å². The maximum Gasteiger partial charge on any atom is 0.286 e. The molecule has 6 heteroatoms. The van der Waals surface area contributed by atoms with Crippen molar-refractivity contribution in [2.75, 3.05) is 11.9 Å². The van der Waals surface area contributed by atoms with Gasteiger partial charge in [0, 0.05) is 23.1 Å². The number of anilines is 1. The number of hydrogen-bond donors (Lipinski definition) is 2. The van der Waals surface area contributed by atoms with Crippen LogP contribution in [0.5, 0.6) is 0 Å². The van der Waals surface area contributed by atoms with Crippen LogP contribution in [0.4, 0.5) is 5.69 Å². The van der Waals surface area contributed by atoms with Crippen LogP contribution in [0.2, 0.25) is 0 Å². The lowest BCUT2D eigenvalue weighted by Crippen LogP contribution is -2.27. The molecular weight excluding hydrogens is 336 g/mol. The number of carbonyl (C=O) groups is 2. The summed E-state index contributed by atoms with van der Waals surface area (Å²) in [6.07, 6.45) is 1.62. The minimum Gasteiger partial charge on any atom is -0.459 e. The van der Waals surface area contributed by atoms with Crippen molar-refractivity contribution in [3.63, 3.8) is 0 Å². The molecule has 0 bridgehead atoms. The van der Waals surface area contributed by atoms with Crippen LogP contribution in [0.3, 0.4) is 0 Å². The van der Waals surface area contributed by atoms with Gasteiger partial charge in [0.2, 0.25) is 5.91 Å². The lowest BCUT2D eigenvalue weighted by Gasteiger charge is -2.07. The van der Waals surface area contributed by atoms with E-state index in [0.29, 0.717) is 0 Å². The highest BCUT2D eigenvalue weighted by atomic mass is 79.9. The standard InChI is InChI=1S/C15H15BrN2O3/c1-10-4-5-11(9-12(10)16)18-14(19)6-7-17-15(20)13-3-2-8-21-13/h2-5,8-9H,6-7H2,1H3,(H,17,20)(H,18,19). The van der Waals surface area contributed by atoms with Crippen molar-refractivity contribution in [1.29, 1.82) is 0 Å². The number of halogens is 1. The molecule has 0 unspecified atom stereocenters. The zero-order chi connectivity index (χ0) is 15.2. The highest BCUT2D eigenvalue weighted by molar-refractivity contribution is 9.10. The summed E-state index contributed by atoms with van der Waals surface area (Å²) in [5, 5.41) is 5.39. The fourth-order valence-corrected chi connectivity index (χ4v) is 2.06. The molecule has 0 saturated carbocycles. The largest absolute Gasteiger partial charge is 0.459 e. The summed E-state index contributed by atoms with van der Waals surface area (Å²) >= 11 is 3.41. The van der Waals surface area contributed by atoms with Crippen LogP contribution in [0.15, 0.2) is 45.5 Å². The van der Waals surface area contributed by atoms with Crippen LogP contribution in [0.25, 0.3) is 0 Å². The molecule has 1 aromatic heterocycles. The van der Waals surface area contributed by atoms with E-state index in [1.54, 1.807) is 12.1 Å². The second-order valence-corrected chi connectivity index (χ2v) is 5.35. The number of amides is 2. The Morgan fingerprint density at radius 1 is 1.29 bits per heavy atom. The molecular formula is C15H15BrN2O3. The predicted molar refractivity (Wildman–Crippen MR) is 83.2 cm³/mol. The minimum atomic E-state index is -0.328. The molecule has 21 heavy (non-hydrogen) atoms. The van der Waals surface area contributed by atoms with Gasteiger partial charge in [0.05, 0.1) is 6.26 Å². The molecule has 0 spiro atoms. The first-order valence-corrected chi connectivity index (χ1v) is 7.23. The van der Waals surface area contributed by atoms with E-state index >= 15 is 0 Å². The van der Waals surface area contributed by atoms with E-state index in [-0.39, 0.29) is 30.5 Å². The number of benzene rings is 1. The SMILES string of the molecule is Cc1ccc(NC(=O)CCNC(=O)c2ccco2)cc1Br. The number of aryl methyl sites for hydroxylation is 1. The van der Waals surface area contributed by atoms with Gasteiger partial charge in [-0.2, -0.15) is 0 Å². The van der Waals surface area contributed by atoms with Gasteiger partial charge in [-0.1, -0.05) is 22.0 Å². The maximum atomic E-state index is 11.8. The molecule has 2 rings (SSSR count). The molecule has 2 N–H and O–H groups in total. The van der Waals surface area contributed by atoms with E-state index in [4.69, 9.17) is 4.42 Å². The Morgan fingerprint density at radius 2 is 2.10 bits per heavy atom. The second kappa shape index (κ2) is 7.08. The molecule has 110 valence electrons. The van der Waals surface area contributed by atoms with Crippen LogP contribution in [-0.4, -0.2) is 18.4 Å². The van der Waals surface area contributed by atoms with Crippen molar-refractivity contribution in [1.82, 2.24) is 5.32 Å². The first-order chi connectivity index (χ1) is 10.1. The van der Waals surface area contributed by atoms with Crippen molar-refractivity contribution in [3.05, 3.63) is 52.4 Å². The topological polar surface area (TPSA) is 71.3 Å². The molecule has 1 aromatic carbocycles. The van der Waals surface area contributed by atoms with Crippen LogP contribution < -0.4 is 10.6 Å². The Kier molecular flexibility index (Phi) is 5.16. The average Bonchev–Trinajstić information content (AvgIpc) is 2.97. The molecule has 0 aliphatic carbocycles. The third-order valence-corrected chi connectivity index (χ3v) is 3.69. The summed E-state index contributed by atoms with van der Waals surface area (Å²) in [5.74, 6) is -0.255. The van der Waals surface area contributed by atoms with E-state index in [1.807, 2.05) is 25.1 Å². The first kappa shape index (κ1) is 15.3. The molecule has 1 heterocycles. The van der Waals surface area contributed by atoms with Crippen molar-refractivity contribution < 1.29 is 14.0 Å². The fourth-order valence-electron chi connectivity index (χ4n) is 1.68. The number of hydrogen-bond acceptors (Lipinski definition) is 3. The predicted octanol–water partition coefficient (Wildman–Crippen LogP) is 3.11. The highest BCUT2D eigenvalue weighted by Gasteiger charge is 2.09. The summed E-state index contributed by atoms with van der Waals surface area (Å²) in [6, 6.07) is 8.79. The molecule has 5 nitrogen and oxygen atoms in total. The molecule has 2 aromatic rings. The summed E-state index contributed by atoms with van der Waals surface area (Å²) in [4.78, 5) is 23.4. The van der Waals surface area contributed by atoms with Gasteiger partial charge in [0.15, 0.2) is 5.76 Å². The third-order valence-electron chi connectivity index (χ3n) is 2.84. The lowest BCUT2D eigenvalue weighted by molar-refractivity contribution is -0.116. The van der Waals surface area contributed by atoms with Crippen LogP contribution >= 0.6 is 15.9 Å². The normalized spacial score (nSPS) is 10.2. The third kappa shape index (κ3) is 4.46. The molecule has 0 radical (unpaired) electrons. The zero-order valence-corrected chi connectivity index (χ0v) is 13.1. The molecule has 0 aliphatic rings.